The number of aryl methyl sites for hydroxylation is 1. The predicted molar refractivity (Wildman–Crippen MR) is 98.9 cm³/mol. The van der Waals surface area contributed by atoms with Gasteiger partial charge in [0.25, 0.3) is 11.6 Å². The van der Waals surface area contributed by atoms with Gasteiger partial charge in [0.1, 0.15) is 5.82 Å². The molecule has 0 bridgehead atoms. The van der Waals surface area contributed by atoms with E-state index < -0.39 is 20.8 Å². The molecule has 2 aromatic carbocycles. The van der Waals surface area contributed by atoms with Crippen molar-refractivity contribution in [2.75, 3.05) is 26.2 Å². The summed E-state index contributed by atoms with van der Waals surface area (Å²) in [6.07, 6.45) is 0. The van der Waals surface area contributed by atoms with Crippen LogP contribution in [-0.2, 0) is 10.0 Å². The largest absolute Gasteiger partial charge is 0.336 e. The van der Waals surface area contributed by atoms with Crippen LogP contribution in [0.5, 0.6) is 0 Å². The number of non-ortho nitro benzene ring substituents is 1. The minimum atomic E-state index is -3.82. The lowest BCUT2D eigenvalue weighted by molar-refractivity contribution is -0.384. The van der Waals surface area contributed by atoms with Gasteiger partial charge in [0.15, 0.2) is 0 Å². The first-order valence-corrected chi connectivity index (χ1v) is 9.94. The highest BCUT2D eigenvalue weighted by Crippen LogP contribution is 2.21. The zero-order valence-electron chi connectivity index (χ0n) is 15.0. The number of amides is 1. The molecule has 0 unspecified atom stereocenters. The number of rotatable bonds is 4. The molecule has 10 heteroatoms. The fourth-order valence-corrected chi connectivity index (χ4v) is 4.35. The third kappa shape index (κ3) is 3.87. The number of hydrogen-bond acceptors (Lipinski definition) is 5. The average Bonchev–Trinajstić information content (AvgIpc) is 2.69. The summed E-state index contributed by atoms with van der Waals surface area (Å²) in [5.41, 5.74) is 0.463. The van der Waals surface area contributed by atoms with Crippen LogP contribution in [0.4, 0.5) is 10.1 Å². The summed E-state index contributed by atoms with van der Waals surface area (Å²) in [6, 6.07) is 8.91. The molecule has 8 nitrogen and oxygen atoms in total. The molecule has 3 rings (SSSR count). The van der Waals surface area contributed by atoms with Gasteiger partial charge >= 0.3 is 0 Å². The zero-order valence-corrected chi connectivity index (χ0v) is 15.9. The van der Waals surface area contributed by atoms with Gasteiger partial charge in [-0.1, -0.05) is 6.07 Å². The van der Waals surface area contributed by atoms with E-state index in [1.54, 1.807) is 13.0 Å². The standard InChI is InChI=1S/C18H18FN3O5S/c1-13-2-3-14(12-17(13)19)18(23)20-8-10-21(11-9-20)28(26,27)16-6-4-15(5-7-16)22(24)25/h2-7,12H,8-11H2,1H3. The van der Waals surface area contributed by atoms with Crippen molar-refractivity contribution in [1.29, 1.82) is 0 Å². The number of piperazine rings is 1. The normalized spacial score (nSPS) is 15.4. The van der Waals surface area contributed by atoms with E-state index in [1.165, 1.54) is 33.5 Å². The Morgan fingerprint density at radius 2 is 1.68 bits per heavy atom. The van der Waals surface area contributed by atoms with Crippen molar-refractivity contribution in [3.05, 3.63) is 69.5 Å². The Labute approximate surface area is 161 Å². The van der Waals surface area contributed by atoms with E-state index in [-0.39, 0.29) is 48.2 Å². The highest BCUT2D eigenvalue weighted by atomic mass is 32.2. The van der Waals surface area contributed by atoms with Crippen LogP contribution in [0.2, 0.25) is 0 Å². The molecule has 0 N–H and O–H groups in total. The first kappa shape index (κ1) is 19.9. The van der Waals surface area contributed by atoms with E-state index >= 15 is 0 Å². The third-order valence-electron chi connectivity index (χ3n) is 4.63. The number of nitro groups is 1. The Kier molecular flexibility index (Phi) is 5.43. The van der Waals surface area contributed by atoms with Crippen LogP contribution in [0.1, 0.15) is 15.9 Å². The Balaban J connectivity index is 1.69. The van der Waals surface area contributed by atoms with Crippen LogP contribution in [-0.4, -0.2) is 54.6 Å². The van der Waals surface area contributed by atoms with Crippen LogP contribution >= 0.6 is 0 Å². The van der Waals surface area contributed by atoms with E-state index in [4.69, 9.17) is 0 Å². The van der Waals surface area contributed by atoms with Gasteiger partial charge in [-0.2, -0.15) is 4.31 Å². The van der Waals surface area contributed by atoms with Crippen LogP contribution in [0, 0.1) is 22.9 Å². The molecule has 1 aliphatic heterocycles. The number of carbonyl (C=O) groups is 1. The topological polar surface area (TPSA) is 101 Å². The summed E-state index contributed by atoms with van der Waals surface area (Å²) < 4.78 is 40.3. The fourth-order valence-electron chi connectivity index (χ4n) is 2.93. The molecule has 0 radical (unpaired) electrons. The lowest BCUT2D eigenvalue weighted by atomic mass is 10.1. The van der Waals surface area contributed by atoms with Crippen molar-refractivity contribution < 1.29 is 22.5 Å². The summed E-state index contributed by atoms with van der Waals surface area (Å²) in [5, 5.41) is 10.7. The first-order chi connectivity index (χ1) is 13.2. The van der Waals surface area contributed by atoms with E-state index in [1.807, 2.05) is 0 Å². The molecule has 1 heterocycles. The number of hydrogen-bond donors (Lipinski definition) is 0. The molecule has 0 aromatic heterocycles. The second-order valence-corrected chi connectivity index (χ2v) is 8.35. The molecule has 0 aliphatic carbocycles. The summed E-state index contributed by atoms with van der Waals surface area (Å²) in [6.45, 7) is 2.10. The summed E-state index contributed by atoms with van der Waals surface area (Å²) in [7, 11) is -3.82. The Morgan fingerprint density at radius 3 is 2.21 bits per heavy atom. The van der Waals surface area contributed by atoms with Crippen LogP contribution < -0.4 is 0 Å². The van der Waals surface area contributed by atoms with E-state index in [0.29, 0.717) is 5.56 Å². The zero-order chi connectivity index (χ0) is 20.5. The number of nitro benzene ring substituents is 1. The molecular weight excluding hydrogens is 389 g/mol. The molecule has 148 valence electrons. The number of carbonyl (C=O) groups excluding carboxylic acids is 1. The third-order valence-corrected chi connectivity index (χ3v) is 6.54. The van der Waals surface area contributed by atoms with Crippen molar-refractivity contribution in [2.45, 2.75) is 11.8 Å². The molecule has 28 heavy (non-hydrogen) atoms. The SMILES string of the molecule is Cc1ccc(C(=O)N2CCN(S(=O)(=O)c3ccc([N+](=O)[O-])cc3)CC2)cc1F. The number of benzene rings is 2. The smallest absolute Gasteiger partial charge is 0.269 e. The number of halogens is 1. The van der Waals surface area contributed by atoms with Gasteiger partial charge in [-0.15, -0.1) is 0 Å². The molecule has 1 amide bonds. The van der Waals surface area contributed by atoms with Crippen molar-refractivity contribution in [3.63, 3.8) is 0 Å². The predicted octanol–water partition coefficient (Wildman–Crippen LogP) is 2.19. The molecule has 1 saturated heterocycles. The van der Waals surface area contributed by atoms with Gasteiger partial charge in [0.05, 0.1) is 9.82 Å². The Hall–Kier alpha value is -2.85. The van der Waals surface area contributed by atoms with E-state index in [9.17, 15) is 27.7 Å². The van der Waals surface area contributed by atoms with Crippen LogP contribution in [0.25, 0.3) is 0 Å². The van der Waals surface area contributed by atoms with Crippen LogP contribution in [0.15, 0.2) is 47.4 Å². The van der Waals surface area contributed by atoms with Crippen molar-refractivity contribution in [1.82, 2.24) is 9.21 Å². The van der Waals surface area contributed by atoms with Gasteiger partial charge in [-0.25, -0.2) is 12.8 Å². The summed E-state index contributed by atoms with van der Waals surface area (Å²) in [5.74, 6) is -0.823. The number of nitrogens with zero attached hydrogens (tertiary/aromatic N) is 3. The monoisotopic (exact) mass is 407 g/mol. The molecule has 0 spiro atoms. The van der Waals surface area contributed by atoms with Crippen molar-refractivity contribution >= 4 is 21.6 Å². The molecule has 0 saturated carbocycles. The van der Waals surface area contributed by atoms with Crippen molar-refractivity contribution in [3.8, 4) is 0 Å². The van der Waals surface area contributed by atoms with Crippen molar-refractivity contribution in [2.24, 2.45) is 0 Å². The minimum absolute atomic E-state index is 0.0431. The lowest BCUT2D eigenvalue weighted by Gasteiger charge is -2.34. The maximum absolute atomic E-state index is 13.7. The Bertz CT molecular complexity index is 1020. The van der Waals surface area contributed by atoms with Gasteiger partial charge < -0.3 is 4.90 Å². The highest BCUT2D eigenvalue weighted by molar-refractivity contribution is 7.89. The van der Waals surface area contributed by atoms with Gasteiger partial charge in [-0.3, -0.25) is 14.9 Å². The Morgan fingerprint density at radius 1 is 1.07 bits per heavy atom. The summed E-state index contributed by atoms with van der Waals surface area (Å²) >= 11 is 0. The first-order valence-electron chi connectivity index (χ1n) is 8.50. The van der Waals surface area contributed by atoms with Crippen LogP contribution in [0.3, 0.4) is 0 Å². The van der Waals surface area contributed by atoms with Gasteiger partial charge in [0.2, 0.25) is 10.0 Å². The van der Waals surface area contributed by atoms with E-state index in [2.05, 4.69) is 0 Å². The molecule has 0 atom stereocenters. The highest BCUT2D eigenvalue weighted by Gasteiger charge is 2.30. The van der Waals surface area contributed by atoms with Gasteiger partial charge in [-0.05, 0) is 36.8 Å². The second-order valence-electron chi connectivity index (χ2n) is 6.41. The molecular formula is C18H18FN3O5S. The summed E-state index contributed by atoms with van der Waals surface area (Å²) in [4.78, 5) is 24.1. The quantitative estimate of drug-likeness (QED) is 0.571. The second kappa shape index (κ2) is 7.64. The van der Waals surface area contributed by atoms with Gasteiger partial charge in [0, 0.05) is 43.9 Å². The fraction of sp³-hybridized carbons (Fsp3) is 0.278. The minimum Gasteiger partial charge on any atom is -0.336 e. The molecule has 1 aliphatic rings. The molecule has 1 fully saturated rings. The average molecular weight is 407 g/mol. The number of sulfonamides is 1. The molecule has 2 aromatic rings. The maximum Gasteiger partial charge on any atom is 0.269 e. The lowest BCUT2D eigenvalue weighted by Crippen LogP contribution is -2.50. The maximum atomic E-state index is 13.7. The van der Waals surface area contributed by atoms with E-state index in [0.717, 1.165) is 12.1 Å².